The first-order valence-corrected chi connectivity index (χ1v) is 5.71. The van der Waals surface area contributed by atoms with Crippen molar-refractivity contribution in [2.45, 2.75) is 12.8 Å². The molecule has 2 aromatic rings. The first kappa shape index (κ1) is 10.2. The minimum Gasteiger partial charge on any atom is -0.497 e. The smallest absolute Gasteiger partial charge is 0.228 e. The Morgan fingerprint density at radius 1 is 1.47 bits per heavy atom. The number of anilines is 1. The number of hydrogen-bond donors (Lipinski definition) is 1. The standard InChI is InChI=1S/C13H14N2O2/c1-16-10-4-2-3-9(7-10)8-12-11-5-6-14-13(11)17-15-12/h2-4,7,14H,5-6,8H2,1H3. The maximum Gasteiger partial charge on any atom is 0.228 e. The molecule has 1 N–H and O–H groups in total. The molecule has 0 spiro atoms. The summed E-state index contributed by atoms with van der Waals surface area (Å²) in [5, 5.41) is 7.29. The zero-order chi connectivity index (χ0) is 11.7. The lowest BCUT2D eigenvalue weighted by Crippen LogP contribution is -1.96. The van der Waals surface area contributed by atoms with Crippen molar-refractivity contribution in [1.29, 1.82) is 0 Å². The molecule has 0 bridgehead atoms. The fourth-order valence-electron chi connectivity index (χ4n) is 2.15. The highest BCUT2D eigenvalue weighted by atomic mass is 16.5. The van der Waals surface area contributed by atoms with E-state index in [0.29, 0.717) is 0 Å². The van der Waals surface area contributed by atoms with Gasteiger partial charge in [0.25, 0.3) is 0 Å². The Morgan fingerprint density at radius 2 is 2.41 bits per heavy atom. The largest absolute Gasteiger partial charge is 0.497 e. The lowest BCUT2D eigenvalue weighted by molar-refractivity contribution is 0.414. The summed E-state index contributed by atoms with van der Waals surface area (Å²) >= 11 is 0. The molecule has 1 aliphatic heterocycles. The Balaban J connectivity index is 1.86. The lowest BCUT2D eigenvalue weighted by Gasteiger charge is -2.03. The molecule has 17 heavy (non-hydrogen) atoms. The summed E-state index contributed by atoms with van der Waals surface area (Å²) in [6, 6.07) is 8.04. The van der Waals surface area contributed by atoms with Gasteiger partial charge in [-0.05, 0) is 24.1 Å². The SMILES string of the molecule is COc1cccc(Cc2noc3c2CCN3)c1. The topological polar surface area (TPSA) is 47.3 Å². The van der Waals surface area contributed by atoms with Crippen LogP contribution in [-0.4, -0.2) is 18.8 Å². The molecule has 0 atom stereocenters. The van der Waals surface area contributed by atoms with Crippen molar-refractivity contribution >= 4 is 5.88 Å². The number of nitrogens with zero attached hydrogens (tertiary/aromatic N) is 1. The third-order valence-electron chi connectivity index (χ3n) is 3.04. The van der Waals surface area contributed by atoms with E-state index < -0.39 is 0 Å². The van der Waals surface area contributed by atoms with Crippen LogP contribution in [0.25, 0.3) is 0 Å². The van der Waals surface area contributed by atoms with Gasteiger partial charge in [-0.15, -0.1) is 0 Å². The van der Waals surface area contributed by atoms with Gasteiger partial charge < -0.3 is 14.6 Å². The van der Waals surface area contributed by atoms with Gasteiger partial charge in [0.15, 0.2) is 0 Å². The van der Waals surface area contributed by atoms with E-state index in [1.54, 1.807) is 7.11 Å². The van der Waals surface area contributed by atoms with Crippen LogP contribution in [-0.2, 0) is 12.8 Å². The summed E-state index contributed by atoms with van der Waals surface area (Å²) in [7, 11) is 1.68. The summed E-state index contributed by atoms with van der Waals surface area (Å²) < 4.78 is 10.5. The second-order valence-electron chi connectivity index (χ2n) is 4.14. The highest BCUT2D eigenvalue weighted by molar-refractivity contribution is 5.49. The average Bonchev–Trinajstić information content (AvgIpc) is 2.94. The fourth-order valence-corrected chi connectivity index (χ4v) is 2.15. The molecule has 1 aromatic carbocycles. The van der Waals surface area contributed by atoms with E-state index in [4.69, 9.17) is 9.26 Å². The van der Waals surface area contributed by atoms with Gasteiger partial charge in [-0.3, -0.25) is 0 Å². The van der Waals surface area contributed by atoms with Crippen molar-refractivity contribution in [3.63, 3.8) is 0 Å². The highest BCUT2D eigenvalue weighted by Gasteiger charge is 2.20. The molecule has 0 amide bonds. The van der Waals surface area contributed by atoms with E-state index >= 15 is 0 Å². The van der Waals surface area contributed by atoms with Crippen LogP contribution >= 0.6 is 0 Å². The number of ether oxygens (including phenoxy) is 1. The molecule has 4 heteroatoms. The number of hydrogen-bond acceptors (Lipinski definition) is 4. The van der Waals surface area contributed by atoms with Gasteiger partial charge in [-0.25, -0.2) is 0 Å². The minimum absolute atomic E-state index is 0.789. The molecule has 0 radical (unpaired) electrons. The van der Waals surface area contributed by atoms with Gasteiger partial charge in [0.05, 0.1) is 12.8 Å². The zero-order valence-corrected chi connectivity index (χ0v) is 9.69. The minimum atomic E-state index is 0.789. The number of fused-ring (bicyclic) bond motifs is 1. The Bertz CT molecular complexity index is 534. The molecular formula is C13H14N2O2. The number of benzene rings is 1. The molecule has 1 aliphatic rings. The predicted octanol–water partition coefficient (Wildman–Crippen LogP) is 2.24. The third-order valence-corrected chi connectivity index (χ3v) is 3.04. The predicted molar refractivity (Wildman–Crippen MR) is 64.5 cm³/mol. The summed E-state index contributed by atoms with van der Waals surface area (Å²) in [6.07, 6.45) is 1.79. The second-order valence-corrected chi connectivity index (χ2v) is 4.14. The monoisotopic (exact) mass is 230 g/mol. The van der Waals surface area contributed by atoms with Crippen molar-refractivity contribution in [3.05, 3.63) is 41.1 Å². The average molecular weight is 230 g/mol. The van der Waals surface area contributed by atoms with Crippen molar-refractivity contribution in [2.24, 2.45) is 0 Å². The number of methoxy groups -OCH3 is 1. The molecule has 88 valence electrons. The molecule has 0 saturated carbocycles. The van der Waals surface area contributed by atoms with Crippen LogP contribution in [0.3, 0.4) is 0 Å². The van der Waals surface area contributed by atoms with Gasteiger partial charge in [0.1, 0.15) is 5.75 Å². The maximum atomic E-state index is 5.24. The van der Waals surface area contributed by atoms with E-state index in [-0.39, 0.29) is 0 Å². The summed E-state index contributed by atoms with van der Waals surface area (Å²) in [5.41, 5.74) is 3.43. The fraction of sp³-hybridized carbons (Fsp3) is 0.308. The zero-order valence-electron chi connectivity index (χ0n) is 9.69. The first-order chi connectivity index (χ1) is 8.36. The Hall–Kier alpha value is -1.97. The van der Waals surface area contributed by atoms with Crippen LogP contribution in [0.4, 0.5) is 5.88 Å². The van der Waals surface area contributed by atoms with E-state index in [1.165, 1.54) is 11.1 Å². The third kappa shape index (κ3) is 1.86. The van der Waals surface area contributed by atoms with Gasteiger partial charge in [-0.2, -0.15) is 0 Å². The Kier molecular flexibility index (Phi) is 2.48. The molecule has 4 nitrogen and oxygen atoms in total. The van der Waals surface area contributed by atoms with Crippen LogP contribution in [0.15, 0.2) is 28.8 Å². The Labute approximate surface area is 99.6 Å². The number of aromatic nitrogens is 1. The van der Waals surface area contributed by atoms with Crippen molar-refractivity contribution < 1.29 is 9.26 Å². The molecule has 3 rings (SSSR count). The van der Waals surface area contributed by atoms with Gasteiger partial charge >= 0.3 is 0 Å². The lowest BCUT2D eigenvalue weighted by atomic mass is 10.1. The normalized spacial score (nSPS) is 13.2. The first-order valence-electron chi connectivity index (χ1n) is 5.71. The highest BCUT2D eigenvalue weighted by Crippen LogP contribution is 2.27. The maximum absolute atomic E-state index is 5.24. The van der Waals surface area contributed by atoms with Crippen molar-refractivity contribution in [3.8, 4) is 5.75 Å². The number of rotatable bonds is 3. The van der Waals surface area contributed by atoms with Gasteiger partial charge in [0.2, 0.25) is 5.88 Å². The van der Waals surface area contributed by atoms with E-state index in [9.17, 15) is 0 Å². The molecule has 2 heterocycles. The van der Waals surface area contributed by atoms with Crippen molar-refractivity contribution in [1.82, 2.24) is 5.16 Å². The van der Waals surface area contributed by atoms with Gasteiger partial charge in [0, 0.05) is 18.5 Å². The van der Waals surface area contributed by atoms with E-state index in [2.05, 4.69) is 16.5 Å². The van der Waals surface area contributed by atoms with Crippen LogP contribution in [0.2, 0.25) is 0 Å². The van der Waals surface area contributed by atoms with Gasteiger partial charge in [-0.1, -0.05) is 17.3 Å². The molecule has 0 unspecified atom stereocenters. The summed E-state index contributed by atoms with van der Waals surface area (Å²) in [6.45, 7) is 0.946. The van der Waals surface area contributed by atoms with Crippen LogP contribution in [0.1, 0.15) is 16.8 Å². The Morgan fingerprint density at radius 3 is 3.29 bits per heavy atom. The van der Waals surface area contributed by atoms with Crippen molar-refractivity contribution in [2.75, 3.05) is 19.0 Å². The van der Waals surface area contributed by atoms with Crippen LogP contribution < -0.4 is 10.1 Å². The quantitative estimate of drug-likeness (QED) is 0.878. The molecular weight excluding hydrogens is 216 g/mol. The second kappa shape index (κ2) is 4.13. The number of nitrogens with one attached hydrogen (secondary N) is 1. The molecule has 1 aromatic heterocycles. The summed E-state index contributed by atoms with van der Waals surface area (Å²) in [4.78, 5) is 0. The van der Waals surface area contributed by atoms with Crippen LogP contribution in [0.5, 0.6) is 5.75 Å². The summed E-state index contributed by atoms with van der Waals surface area (Å²) in [5.74, 6) is 1.71. The van der Waals surface area contributed by atoms with Crippen LogP contribution in [0, 0.1) is 0 Å². The molecule has 0 aliphatic carbocycles. The molecule has 0 saturated heterocycles. The van der Waals surface area contributed by atoms with E-state index in [1.807, 2.05) is 18.2 Å². The van der Waals surface area contributed by atoms with E-state index in [0.717, 1.165) is 36.7 Å². The molecule has 0 fully saturated rings.